The van der Waals surface area contributed by atoms with Gasteiger partial charge in [-0.2, -0.15) is 0 Å². The number of carbonyl (C=O) groups is 1. The molecular weight excluding hydrogens is 320 g/mol. The Morgan fingerprint density at radius 1 is 1.15 bits per heavy atom. The second kappa shape index (κ2) is 5.20. The molecule has 0 fully saturated rings. The monoisotopic (exact) mass is 334 g/mol. The van der Waals surface area contributed by atoms with E-state index in [1.165, 1.54) is 0 Å². The summed E-state index contributed by atoms with van der Waals surface area (Å²) in [5.41, 5.74) is 14.8. The van der Waals surface area contributed by atoms with Crippen molar-refractivity contribution in [2.45, 2.75) is 20.8 Å². The molecule has 20 heavy (non-hydrogen) atoms. The molecule has 0 atom stereocenters. The molecule has 5 nitrogen and oxygen atoms in total. The van der Waals surface area contributed by atoms with E-state index < -0.39 is 5.91 Å². The Bertz CT molecular complexity index is 666. The van der Waals surface area contributed by atoms with Gasteiger partial charge in [0.15, 0.2) is 5.82 Å². The van der Waals surface area contributed by atoms with Gasteiger partial charge in [-0.25, -0.2) is 9.97 Å². The van der Waals surface area contributed by atoms with Crippen LogP contribution in [0.4, 0.5) is 5.82 Å². The van der Waals surface area contributed by atoms with E-state index in [0.29, 0.717) is 11.5 Å². The van der Waals surface area contributed by atoms with Gasteiger partial charge in [-0.05, 0) is 44.0 Å². The van der Waals surface area contributed by atoms with Crippen LogP contribution in [0.15, 0.2) is 16.6 Å². The van der Waals surface area contributed by atoms with E-state index in [-0.39, 0.29) is 11.4 Å². The smallest absolute Gasteiger partial charge is 0.254 e. The molecule has 0 aliphatic heterocycles. The van der Waals surface area contributed by atoms with E-state index >= 15 is 0 Å². The van der Waals surface area contributed by atoms with Gasteiger partial charge in [0, 0.05) is 10.0 Å². The molecule has 104 valence electrons. The first-order valence-corrected chi connectivity index (χ1v) is 6.81. The lowest BCUT2D eigenvalue weighted by Crippen LogP contribution is -2.17. The van der Waals surface area contributed by atoms with Gasteiger partial charge in [0.05, 0.1) is 5.69 Å². The van der Waals surface area contributed by atoms with Gasteiger partial charge < -0.3 is 11.5 Å². The van der Waals surface area contributed by atoms with Crippen LogP contribution >= 0.6 is 15.9 Å². The summed E-state index contributed by atoms with van der Waals surface area (Å²) in [7, 11) is 0. The standard InChI is InChI=1S/C14H15BrN4O/c1-6-4-9(5-7(2)11(6)15)14-18-8(3)10(13(17)20)12(16)19-14/h4-5H,1-3H3,(H2,17,20)(H2,16,18,19). The van der Waals surface area contributed by atoms with Crippen molar-refractivity contribution in [3.8, 4) is 11.4 Å². The molecular formula is C14H15BrN4O. The largest absolute Gasteiger partial charge is 0.383 e. The summed E-state index contributed by atoms with van der Waals surface area (Å²) in [5.74, 6) is -0.0170. The zero-order chi connectivity index (χ0) is 15.0. The van der Waals surface area contributed by atoms with Crippen molar-refractivity contribution in [2.75, 3.05) is 5.73 Å². The minimum atomic E-state index is -0.616. The van der Waals surface area contributed by atoms with E-state index in [1.807, 2.05) is 26.0 Å². The maximum atomic E-state index is 11.3. The van der Waals surface area contributed by atoms with Crippen LogP contribution in [0.3, 0.4) is 0 Å². The molecule has 0 radical (unpaired) electrons. The maximum Gasteiger partial charge on any atom is 0.254 e. The van der Waals surface area contributed by atoms with Crippen LogP contribution < -0.4 is 11.5 Å². The molecule has 2 rings (SSSR count). The Balaban J connectivity index is 2.63. The van der Waals surface area contributed by atoms with Crippen LogP contribution in [-0.4, -0.2) is 15.9 Å². The quantitative estimate of drug-likeness (QED) is 0.881. The van der Waals surface area contributed by atoms with Crippen LogP contribution in [0.25, 0.3) is 11.4 Å². The number of nitrogens with zero attached hydrogens (tertiary/aromatic N) is 2. The molecule has 1 amide bonds. The number of nitrogens with two attached hydrogens (primary N) is 2. The fourth-order valence-electron chi connectivity index (χ4n) is 2.10. The van der Waals surface area contributed by atoms with Crippen molar-refractivity contribution in [1.29, 1.82) is 0 Å². The third-order valence-corrected chi connectivity index (χ3v) is 4.31. The van der Waals surface area contributed by atoms with Crippen molar-refractivity contribution in [1.82, 2.24) is 9.97 Å². The third-order valence-electron chi connectivity index (χ3n) is 3.06. The fourth-order valence-corrected chi connectivity index (χ4v) is 2.33. The van der Waals surface area contributed by atoms with Crippen molar-refractivity contribution in [3.05, 3.63) is 39.0 Å². The molecule has 0 aliphatic carbocycles. The van der Waals surface area contributed by atoms with Crippen molar-refractivity contribution >= 4 is 27.7 Å². The van der Waals surface area contributed by atoms with E-state index in [0.717, 1.165) is 21.2 Å². The maximum absolute atomic E-state index is 11.3. The fraction of sp³-hybridized carbons (Fsp3) is 0.214. The predicted molar refractivity (Wildman–Crippen MR) is 82.3 cm³/mol. The first-order valence-electron chi connectivity index (χ1n) is 6.02. The highest BCUT2D eigenvalue weighted by Crippen LogP contribution is 2.28. The second-order valence-electron chi connectivity index (χ2n) is 4.68. The molecule has 0 saturated carbocycles. The van der Waals surface area contributed by atoms with Gasteiger partial charge in [0.2, 0.25) is 0 Å². The first kappa shape index (κ1) is 14.5. The number of aromatic nitrogens is 2. The number of aryl methyl sites for hydroxylation is 3. The second-order valence-corrected chi connectivity index (χ2v) is 5.47. The molecule has 0 saturated heterocycles. The number of rotatable bonds is 2. The van der Waals surface area contributed by atoms with Crippen molar-refractivity contribution in [3.63, 3.8) is 0 Å². The zero-order valence-electron chi connectivity index (χ0n) is 11.5. The summed E-state index contributed by atoms with van der Waals surface area (Å²) in [4.78, 5) is 19.8. The van der Waals surface area contributed by atoms with E-state index in [9.17, 15) is 4.79 Å². The molecule has 1 aromatic heterocycles. The van der Waals surface area contributed by atoms with E-state index in [2.05, 4.69) is 25.9 Å². The van der Waals surface area contributed by atoms with Crippen LogP contribution in [-0.2, 0) is 0 Å². The van der Waals surface area contributed by atoms with Gasteiger partial charge in [-0.15, -0.1) is 0 Å². The van der Waals surface area contributed by atoms with Gasteiger partial charge in [-0.3, -0.25) is 4.79 Å². The highest BCUT2D eigenvalue weighted by atomic mass is 79.9. The minimum Gasteiger partial charge on any atom is -0.383 e. The normalized spacial score (nSPS) is 10.6. The number of amides is 1. The summed E-state index contributed by atoms with van der Waals surface area (Å²) in [6.45, 7) is 5.68. The van der Waals surface area contributed by atoms with Gasteiger partial charge >= 0.3 is 0 Å². The SMILES string of the molecule is Cc1cc(-c2nc(C)c(C(N)=O)c(N)n2)cc(C)c1Br. The van der Waals surface area contributed by atoms with Gasteiger partial charge in [0.25, 0.3) is 5.91 Å². The van der Waals surface area contributed by atoms with Crippen molar-refractivity contribution < 1.29 is 4.79 Å². The molecule has 4 N–H and O–H groups in total. The summed E-state index contributed by atoms with van der Waals surface area (Å²) in [6, 6.07) is 3.93. The summed E-state index contributed by atoms with van der Waals surface area (Å²) >= 11 is 3.52. The highest BCUT2D eigenvalue weighted by Gasteiger charge is 2.15. The molecule has 0 aliphatic rings. The number of halogens is 1. The number of primary amides is 1. The average molecular weight is 335 g/mol. The molecule has 1 heterocycles. The zero-order valence-corrected chi connectivity index (χ0v) is 13.1. The van der Waals surface area contributed by atoms with Crippen molar-refractivity contribution in [2.24, 2.45) is 5.73 Å². The van der Waals surface area contributed by atoms with Crippen LogP contribution in [0.2, 0.25) is 0 Å². The topological polar surface area (TPSA) is 94.9 Å². The molecule has 0 unspecified atom stereocenters. The third kappa shape index (κ3) is 2.51. The minimum absolute atomic E-state index is 0.109. The van der Waals surface area contributed by atoms with Crippen LogP contribution in [0, 0.1) is 20.8 Å². The van der Waals surface area contributed by atoms with Gasteiger partial charge in [-0.1, -0.05) is 15.9 Å². The summed E-state index contributed by atoms with van der Waals surface area (Å²) in [5, 5.41) is 0. The van der Waals surface area contributed by atoms with E-state index in [1.54, 1.807) is 6.92 Å². The molecule has 2 aromatic rings. The molecule has 0 bridgehead atoms. The van der Waals surface area contributed by atoms with Gasteiger partial charge in [0.1, 0.15) is 11.4 Å². The highest BCUT2D eigenvalue weighted by molar-refractivity contribution is 9.10. The average Bonchev–Trinajstić information content (AvgIpc) is 2.33. The summed E-state index contributed by atoms with van der Waals surface area (Å²) in [6.07, 6.45) is 0. The number of anilines is 1. The van der Waals surface area contributed by atoms with E-state index in [4.69, 9.17) is 11.5 Å². The molecule has 6 heteroatoms. The number of nitrogen functional groups attached to an aromatic ring is 1. The lowest BCUT2D eigenvalue weighted by atomic mass is 10.1. The first-order chi connectivity index (χ1) is 9.31. The Kier molecular flexibility index (Phi) is 3.76. The summed E-state index contributed by atoms with van der Waals surface area (Å²) < 4.78 is 1.06. The predicted octanol–water partition coefficient (Wildman–Crippen LogP) is 2.51. The Labute approximate surface area is 125 Å². The lowest BCUT2D eigenvalue weighted by molar-refractivity contribution is 0.1000. The number of hydrogen-bond donors (Lipinski definition) is 2. The molecule has 1 aromatic carbocycles. The number of carbonyl (C=O) groups excluding carboxylic acids is 1. The van der Waals surface area contributed by atoms with Crippen LogP contribution in [0.5, 0.6) is 0 Å². The number of hydrogen-bond acceptors (Lipinski definition) is 4. The Morgan fingerprint density at radius 3 is 2.15 bits per heavy atom. The molecule has 0 spiro atoms. The Morgan fingerprint density at radius 2 is 1.70 bits per heavy atom. The lowest BCUT2D eigenvalue weighted by Gasteiger charge is -2.10. The number of benzene rings is 1. The van der Waals surface area contributed by atoms with Crippen LogP contribution in [0.1, 0.15) is 27.2 Å². The Hall–Kier alpha value is -1.95.